The number of nitrogens with one attached hydrogen (secondary N) is 1. The van der Waals surface area contributed by atoms with Crippen molar-refractivity contribution in [1.82, 2.24) is 0 Å². The third-order valence-electron chi connectivity index (χ3n) is 5.78. The van der Waals surface area contributed by atoms with Crippen molar-refractivity contribution >= 4 is 28.9 Å². The van der Waals surface area contributed by atoms with Crippen LogP contribution in [0.25, 0.3) is 0 Å². The van der Waals surface area contributed by atoms with Crippen LogP contribution in [-0.4, -0.2) is 31.4 Å². The molecule has 5 heteroatoms. The number of benzene rings is 2. The zero-order valence-corrected chi connectivity index (χ0v) is 17.9. The van der Waals surface area contributed by atoms with Crippen LogP contribution >= 0.6 is 0 Å². The third-order valence-corrected chi connectivity index (χ3v) is 5.78. The fraction of sp³-hybridized carbons (Fsp3) is 0.417. The quantitative estimate of drug-likeness (QED) is 0.812. The Bertz CT molecular complexity index is 868. The number of hydrogen-bond donors (Lipinski definition) is 1. The maximum Gasteiger partial charge on any atom is 0.244 e. The molecular weight excluding hydrogens is 362 g/mol. The monoisotopic (exact) mass is 393 g/mol. The molecule has 1 fully saturated rings. The van der Waals surface area contributed by atoms with Gasteiger partial charge in [-0.15, -0.1) is 0 Å². The molecule has 1 N–H and O–H groups in total. The van der Waals surface area contributed by atoms with E-state index in [1.165, 1.54) is 35.9 Å². The normalized spacial score (nSPS) is 14.6. The lowest BCUT2D eigenvalue weighted by molar-refractivity contribution is -0.120. The van der Waals surface area contributed by atoms with E-state index in [0.29, 0.717) is 0 Å². The summed E-state index contributed by atoms with van der Waals surface area (Å²) < 4.78 is 0. The minimum absolute atomic E-state index is 0.0111. The van der Waals surface area contributed by atoms with Gasteiger partial charge in [-0.05, 0) is 80.1 Å². The largest absolute Gasteiger partial charge is 0.372 e. The number of aryl methyl sites for hydroxylation is 2. The van der Waals surface area contributed by atoms with Crippen LogP contribution in [0, 0.1) is 19.8 Å². The third kappa shape index (κ3) is 5.37. The molecule has 0 radical (unpaired) electrons. The van der Waals surface area contributed by atoms with E-state index in [-0.39, 0.29) is 18.4 Å². The zero-order chi connectivity index (χ0) is 21.0. The molecule has 0 aromatic heterocycles. The number of nitrogens with zero attached hydrogens (tertiary/aromatic N) is 2. The molecule has 0 saturated carbocycles. The lowest BCUT2D eigenvalue weighted by Gasteiger charge is -2.32. The van der Waals surface area contributed by atoms with Gasteiger partial charge in [-0.25, -0.2) is 0 Å². The molecule has 1 saturated heterocycles. The topological polar surface area (TPSA) is 52.7 Å². The summed E-state index contributed by atoms with van der Waals surface area (Å²) in [6.07, 6.45) is 2.42. The minimum atomic E-state index is -0.211. The summed E-state index contributed by atoms with van der Waals surface area (Å²) in [6.45, 7) is 9.95. The Kier molecular flexibility index (Phi) is 6.57. The molecule has 0 unspecified atom stereocenters. The van der Waals surface area contributed by atoms with E-state index in [0.717, 1.165) is 35.9 Å². The SMILES string of the molecule is CC(=O)N(CC(=O)Nc1ccc(C)c(C)c1)c1ccc(N2CCC(C)CC2)cc1. The Morgan fingerprint density at radius 2 is 1.69 bits per heavy atom. The molecule has 2 aromatic carbocycles. The van der Waals surface area contributed by atoms with E-state index in [1.54, 1.807) is 0 Å². The number of rotatable bonds is 5. The van der Waals surface area contributed by atoms with Gasteiger partial charge in [0.25, 0.3) is 0 Å². The summed E-state index contributed by atoms with van der Waals surface area (Å²) >= 11 is 0. The molecule has 0 atom stereocenters. The molecule has 0 spiro atoms. The van der Waals surface area contributed by atoms with Crippen molar-refractivity contribution in [3.63, 3.8) is 0 Å². The summed E-state index contributed by atoms with van der Waals surface area (Å²) in [5.41, 5.74) is 4.95. The zero-order valence-electron chi connectivity index (χ0n) is 17.9. The first kappa shape index (κ1) is 20.9. The van der Waals surface area contributed by atoms with Crippen LogP contribution in [-0.2, 0) is 9.59 Å². The standard InChI is InChI=1S/C24H31N3O2/c1-17-11-13-26(14-12-17)22-7-9-23(10-8-22)27(20(4)28)16-24(29)25-21-6-5-18(2)19(3)15-21/h5-10,15,17H,11-14,16H2,1-4H3,(H,25,29). The molecular formula is C24H31N3O2. The highest BCUT2D eigenvalue weighted by Gasteiger charge is 2.19. The van der Waals surface area contributed by atoms with Crippen LogP contribution in [0.3, 0.4) is 0 Å². The predicted octanol–water partition coefficient (Wildman–Crippen LogP) is 4.53. The smallest absolute Gasteiger partial charge is 0.244 e. The number of anilines is 3. The molecule has 2 aromatic rings. The van der Waals surface area contributed by atoms with E-state index >= 15 is 0 Å². The Morgan fingerprint density at radius 3 is 2.28 bits per heavy atom. The maximum absolute atomic E-state index is 12.5. The molecule has 1 heterocycles. The first-order valence-corrected chi connectivity index (χ1v) is 10.3. The van der Waals surface area contributed by atoms with Gasteiger partial charge in [-0.3, -0.25) is 9.59 Å². The van der Waals surface area contributed by atoms with Crippen molar-refractivity contribution in [2.75, 3.05) is 34.8 Å². The molecule has 29 heavy (non-hydrogen) atoms. The van der Waals surface area contributed by atoms with Crippen LogP contribution in [0.15, 0.2) is 42.5 Å². The number of carbonyl (C=O) groups is 2. The van der Waals surface area contributed by atoms with Crippen molar-refractivity contribution < 1.29 is 9.59 Å². The predicted molar refractivity (Wildman–Crippen MR) is 120 cm³/mol. The molecule has 1 aliphatic heterocycles. The van der Waals surface area contributed by atoms with E-state index in [4.69, 9.17) is 0 Å². The molecule has 2 amide bonds. The first-order chi connectivity index (χ1) is 13.8. The minimum Gasteiger partial charge on any atom is -0.372 e. The number of piperidine rings is 1. The summed E-state index contributed by atoms with van der Waals surface area (Å²) in [6, 6.07) is 13.8. The summed E-state index contributed by atoms with van der Waals surface area (Å²) in [7, 11) is 0. The second-order valence-corrected chi connectivity index (χ2v) is 8.14. The summed E-state index contributed by atoms with van der Waals surface area (Å²) in [4.78, 5) is 28.6. The van der Waals surface area contributed by atoms with Crippen molar-refractivity contribution in [3.05, 3.63) is 53.6 Å². The lowest BCUT2D eigenvalue weighted by Crippen LogP contribution is -2.37. The molecule has 0 bridgehead atoms. The second kappa shape index (κ2) is 9.12. The maximum atomic E-state index is 12.5. The highest BCUT2D eigenvalue weighted by molar-refractivity contribution is 6.01. The van der Waals surface area contributed by atoms with Crippen LogP contribution in [0.5, 0.6) is 0 Å². The van der Waals surface area contributed by atoms with Crippen molar-refractivity contribution in [2.45, 2.75) is 40.5 Å². The Labute approximate surface area is 173 Å². The Hall–Kier alpha value is -2.82. The van der Waals surface area contributed by atoms with Crippen molar-refractivity contribution in [2.24, 2.45) is 5.92 Å². The number of carbonyl (C=O) groups excluding carboxylic acids is 2. The molecule has 5 nitrogen and oxygen atoms in total. The van der Waals surface area contributed by atoms with Gasteiger partial charge in [-0.2, -0.15) is 0 Å². The lowest BCUT2D eigenvalue weighted by atomic mass is 9.99. The summed E-state index contributed by atoms with van der Waals surface area (Å²) in [5.74, 6) is 0.423. The average Bonchev–Trinajstić information content (AvgIpc) is 2.69. The van der Waals surface area contributed by atoms with E-state index < -0.39 is 0 Å². The molecule has 1 aliphatic rings. The molecule has 0 aliphatic carbocycles. The van der Waals surface area contributed by atoms with Crippen LogP contribution in [0.4, 0.5) is 17.1 Å². The average molecular weight is 394 g/mol. The van der Waals surface area contributed by atoms with Gasteiger partial charge >= 0.3 is 0 Å². The van der Waals surface area contributed by atoms with Gasteiger partial charge in [0, 0.05) is 37.1 Å². The van der Waals surface area contributed by atoms with Gasteiger partial charge in [0.2, 0.25) is 11.8 Å². The van der Waals surface area contributed by atoms with E-state index in [2.05, 4.69) is 17.1 Å². The molecule has 3 rings (SSSR count). The summed E-state index contributed by atoms with van der Waals surface area (Å²) in [5, 5.41) is 2.89. The van der Waals surface area contributed by atoms with Gasteiger partial charge in [0.1, 0.15) is 6.54 Å². The number of amides is 2. The Morgan fingerprint density at radius 1 is 1.03 bits per heavy atom. The number of hydrogen-bond acceptors (Lipinski definition) is 3. The van der Waals surface area contributed by atoms with Gasteiger partial charge in [0.05, 0.1) is 0 Å². The van der Waals surface area contributed by atoms with Crippen LogP contribution in [0.2, 0.25) is 0 Å². The highest BCUT2D eigenvalue weighted by atomic mass is 16.2. The molecule has 154 valence electrons. The van der Waals surface area contributed by atoms with E-state index in [1.807, 2.05) is 56.3 Å². The fourth-order valence-electron chi connectivity index (χ4n) is 3.66. The van der Waals surface area contributed by atoms with Gasteiger partial charge < -0.3 is 15.1 Å². The van der Waals surface area contributed by atoms with E-state index in [9.17, 15) is 9.59 Å². The van der Waals surface area contributed by atoms with Gasteiger partial charge in [-0.1, -0.05) is 13.0 Å². The highest BCUT2D eigenvalue weighted by Crippen LogP contribution is 2.25. The van der Waals surface area contributed by atoms with Crippen LogP contribution in [0.1, 0.15) is 37.8 Å². The van der Waals surface area contributed by atoms with Gasteiger partial charge in [0.15, 0.2) is 0 Å². The fourth-order valence-corrected chi connectivity index (χ4v) is 3.66. The van der Waals surface area contributed by atoms with Crippen LogP contribution < -0.4 is 15.1 Å². The van der Waals surface area contributed by atoms with Crippen molar-refractivity contribution in [1.29, 1.82) is 0 Å². The Balaban J connectivity index is 1.66. The first-order valence-electron chi connectivity index (χ1n) is 10.3. The second-order valence-electron chi connectivity index (χ2n) is 8.14. The van der Waals surface area contributed by atoms with Crippen molar-refractivity contribution in [3.8, 4) is 0 Å².